The second kappa shape index (κ2) is 6.38. The molecule has 0 saturated heterocycles. The Bertz CT molecular complexity index is 536. The van der Waals surface area contributed by atoms with E-state index in [1.165, 1.54) is 0 Å². The topological polar surface area (TPSA) is 60.2 Å². The zero-order chi connectivity index (χ0) is 13.7. The molecule has 0 fully saturated rings. The fourth-order valence-electron chi connectivity index (χ4n) is 2.29. The summed E-state index contributed by atoms with van der Waals surface area (Å²) >= 11 is 0. The van der Waals surface area contributed by atoms with Crippen LogP contribution < -0.4 is 11.1 Å². The monoisotopic (exact) mass is 259 g/mol. The first kappa shape index (κ1) is 13.6. The maximum atomic E-state index is 5.96. The number of hydrogen-bond donors (Lipinski definition) is 2. The highest BCUT2D eigenvalue weighted by Gasteiger charge is 2.10. The van der Waals surface area contributed by atoms with Crippen LogP contribution in [0.3, 0.4) is 0 Å². The molecule has 0 bridgehead atoms. The Hall–Kier alpha value is -1.81. The van der Waals surface area contributed by atoms with Crippen molar-refractivity contribution in [3.8, 4) is 0 Å². The molecule has 4 nitrogen and oxygen atoms in total. The van der Waals surface area contributed by atoms with Crippen LogP contribution in [0.4, 0.5) is 11.4 Å². The Morgan fingerprint density at radius 1 is 1.37 bits per heavy atom. The average molecular weight is 259 g/mol. The van der Waals surface area contributed by atoms with E-state index >= 15 is 0 Å². The smallest absolute Gasteiger partial charge is 0.0951 e. The first-order valence-electron chi connectivity index (χ1n) is 6.65. The van der Waals surface area contributed by atoms with E-state index in [4.69, 9.17) is 10.5 Å². The van der Waals surface area contributed by atoms with Gasteiger partial charge in [0.05, 0.1) is 17.8 Å². The zero-order valence-corrected chi connectivity index (χ0v) is 11.5. The zero-order valence-electron chi connectivity index (χ0n) is 11.5. The molecule has 0 saturated carbocycles. The van der Waals surface area contributed by atoms with Gasteiger partial charge in [0.25, 0.3) is 0 Å². The highest BCUT2D eigenvalue weighted by Crippen LogP contribution is 2.26. The summed E-state index contributed by atoms with van der Waals surface area (Å²) in [5.41, 5.74) is 8.58. The summed E-state index contributed by atoms with van der Waals surface area (Å²) in [5.74, 6) is 0. The summed E-state index contributed by atoms with van der Waals surface area (Å²) in [4.78, 5) is 4.34. The number of nitrogen functional groups attached to an aromatic ring is 1. The van der Waals surface area contributed by atoms with E-state index < -0.39 is 0 Å². The minimum atomic E-state index is 0.307. The van der Waals surface area contributed by atoms with E-state index in [2.05, 4.69) is 17.2 Å². The first-order valence-corrected chi connectivity index (χ1v) is 6.65. The number of pyridine rings is 1. The lowest BCUT2D eigenvalue weighted by Gasteiger charge is -2.19. The normalized spacial score (nSPS) is 12.5. The highest BCUT2D eigenvalue weighted by atomic mass is 16.5. The molecule has 19 heavy (non-hydrogen) atoms. The predicted molar refractivity (Wildman–Crippen MR) is 80.4 cm³/mol. The fourth-order valence-corrected chi connectivity index (χ4v) is 2.29. The summed E-state index contributed by atoms with van der Waals surface area (Å²) in [6.45, 7) is 2.87. The van der Waals surface area contributed by atoms with Crippen molar-refractivity contribution in [2.45, 2.75) is 25.8 Å². The van der Waals surface area contributed by atoms with Crippen LogP contribution in [-0.4, -0.2) is 24.7 Å². The maximum Gasteiger partial charge on any atom is 0.0951 e. The van der Waals surface area contributed by atoms with Gasteiger partial charge in [0, 0.05) is 30.4 Å². The molecule has 0 aliphatic carbocycles. The van der Waals surface area contributed by atoms with Crippen molar-refractivity contribution in [3.63, 3.8) is 0 Å². The van der Waals surface area contributed by atoms with E-state index in [-0.39, 0.29) is 0 Å². The molecule has 0 spiro atoms. The molecule has 1 unspecified atom stereocenters. The molecule has 1 heterocycles. The van der Waals surface area contributed by atoms with Gasteiger partial charge in [0.15, 0.2) is 0 Å². The van der Waals surface area contributed by atoms with Crippen molar-refractivity contribution in [1.82, 2.24) is 4.98 Å². The van der Waals surface area contributed by atoms with Crippen LogP contribution in [0.5, 0.6) is 0 Å². The molecule has 0 radical (unpaired) electrons. The maximum absolute atomic E-state index is 5.96. The Labute approximate surface area is 114 Å². The van der Waals surface area contributed by atoms with Crippen molar-refractivity contribution in [1.29, 1.82) is 0 Å². The molecule has 2 aromatic rings. The lowest BCUT2D eigenvalue weighted by Crippen LogP contribution is -2.24. The van der Waals surface area contributed by atoms with Crippen LogP contribution in [0.15, 0.2) is 30.5 Å². The van der Waals surface area contributed by atoms with E-state index in [1.54, 1.807) is 13.3 Å². The number of nitrogens with two attached hydrogens (primary N) is 1. The number of anilines is 2. The molecule has 0 amide bonds. The fraction of sp³-hybridized carbons (Fsp3) is 0.400. The van der Waals surface area contributed by atoms with Gasteiger partial charge >= 0.3 is 0 Å². The molecule has 0 aliphatic rings. The Morgan fingerprint density at radius 3 is 2.95 bits per heavy atom. The van der Waals surface area contributed by atoms with Crippen molar-refractivity contribution in [2.24, 2.45) is 0 Å². The Kier molecular flexibility index (Phi) is 4.58. The third kappa shape index (κ3) is 3.15. The van der Waals surface area contributed by atoms with E-state index in [9.17, 15) is 0 Å². The van der Waals surface area contributed by atoms with Gasteiger partial charge in [-0.1, -0.05) is 25.5 Å². The molecular weight excluding hydrogens is 238 g/mol. The van der Waals surface area contributed by atoms with Gasteiger partial charge < -0.3 is 15.8 Å². The van der Waals surface area contributed by atoms with Gasteiger partial charge in [-0.15, -0.1) is 0 Å². The molecule has 0 aliphatic heterocycles. The number of fused-ring (bicyclic) bond motifs is 1. The van der Waals surface area contributed by atoms with Crippen LogP contribution in [0.25, 0.3) is 10.9 Å². The molecule has 1 aromatic carbocycles. The number of hydrogen-bond acceptors (Lipinski definition) is 4. The van der Waals surface area contributed by atoms with Crippen LogP contribution in [0, 0.1) is 0 Å². The van der Waals surface area contributed by atoms with Gasteiger partial charge in [-0.05, 0) is 18.6 Å². The van der Waals surface area contributed by atoms with Gasteiger partial charge in [-0.2, -0.15) is 0 Å². The quantitative estimate of drug-likeness (QED) is 0.783. The lowest BCUT2D eigenvalue weighted by molar-refractivity contribution is 0.182. The first-order chi connectivity index (χ1) is 9.26. The van der Waals surface area contributed by atoms with Crippen molar-refractivity contribution >= 4 is 22.3 Å². The number of methoxy groups -OCH3 is 1. The van der Waals surface area contributed by atoms with Crippen LogP contribution >= 0.6 is 0 Å². The van der Waals surface area contributed by atoms with Crippen LogP contribution in [0.1, 0.15) is 19.8 Å². The summed E-state index contributed by atoms with van der Waals surface area (Å²) in [6.07, 6.45) is 3.98. The van der Waals surface area contributed by atoms with E-state index in [0.717, 1.165) is 29.4 Å². The van der Waals surface area contributed by atoms with Crippen molar-refractivity contribution < 1.29 is 4.74 Å². The second-order valence-electron chi connectivity index (χ2n) is 4.69. The Morgan fingerprint density at radius 2 is 2.21 bits per heavy atom. The number of rotatable bonds is 6. The number of ether oxygens (including phenoxy) is 1. The second-order valence-corrected chi connectivity index (χ2v) is 4.69. The van der Waals surface area contributed by atoms with Gasteiger partial charge in [-0.3, -0.25) is 4.98 Å². The molecule has 4 heteroatoms. The molecule has 1 atom stereocenters. The molecule has 102 valence electrons. The van der Waals surface area contributed by atoms with Crippen molar-refractivity contribution in [2.75, 3.05) is 24.8 Å². The number of nitrogens with zero attached hydrogens (tertiary/aromatic N) is 1. The molecule has 2 rings (SSSR count). The van der Waals surface area contributed by atoms with Gasteiger partial charge in [-0.25, -0.2) is 0 Å². The minimum absolute atomic E-state index is 0.307. The van der Waals surface area contributed by atoms with Crippen molar-refractivity contribution in [3.05, 3.63) is 30.5 Å². The standard InChI is InChI=1S/C15H21N3O/c1-3-5-11(10-19-2)18-14-8-9-17-15-12(14)6-4-7-13(15)16/h4,6-9,11H,3,5,10,16H2,1-2H3,(H,17,18). The SMILES string of the molecule is CCCC(COC)Nc1ccnc2c(N)cccc12. The number of aromatic nitrogens is 1. The van der Waals surface area contributed by atoms with E-state index in [1.807, 2.05) is 24.3 Å². The molecule has 1 aromatic heterocycles. The summed E-state index contributed by atoms with van der Waals surface area (Å²) in [7, 11) is 1.73. The summed E-state index contributed by atoms with van der Waals surface area (Å²) in [6, 6.07) is 8.16. The van der Waals surface area contributed by atoms with Crippen LogP contribution in [0.2, 0.25) is 0 Å². The number of benzene rings is 1. The largest absolute Gasteiger partial charge is 0.397 e. The molecule has 3 N–H and O–H groups in total. The molecular formula is C15H21N3O. The lowest BCUT2D eigenvalue weighted by atomic mass is 10.1. The minimum Gasteiger partial charge on any atom is -0.397 e. The highest BCUT2D eigenvalue weighted by molar-refractivity contribution is 5.97. The number of nitrogens with one attached hydrogen (secondary N) is 1. The van der Waals surface area contributed by atoms with E-state index in [0.29, 0.717) is 18.3 Å². The summed E-state index contributed by atoms with van der Waals surface area (Å²) < 4.78 is 5.26. The third-order valence-corrected chi connectivity index (χ3v) is 3.17. The summed E-state index contributed by atoms with van der Waals surface area (Å²) in [5, 5.41) is 4.59. The third-order valence-electron chi connectivity index (χ3n) is 3.17. The van der Waals surface area contributed by atoms with Gasteiger partial charge in [0.2, 0.25) is 0 Å². The number of para-hydroxylation sites is 1. The Balaban J connectivity index is 2.31. The van der Waals surface area contributed by atoms with Crippen LogP contribution in [-0.2, 0) is 4.74 Å². The predicted octanol–water partition coefficient (Wildman–Crippen LogP) is 3.04. The average Bonchev–Trinajstić information content (AvgIpc) is 2.40. The van der Waals surface area contributed by atoms with Gasteiger partial charge in [0.1, 0.15) is 0 Å².